The lowest BCUT2D eigenvalue weighted by molar-refractivity contribution is 0.145. The van der Waals surface area contributed by atoms with Crippen LogP contribution in [-0.4, -0.2) is 61.2 Å². The van der Waals surface area contributed by atoms with E-state index in [0.717, 1.165) is 12.0 Å². The molecule has 2 atom stereocenters. The van der Waals surface area contributed by atoms with Crippen LogP contribution in [0.3, 0.4) is 0 Å². The van der Waals surface area contributed by atoms with E-state index in [9.17, 15) is 0 Å². The molecule has 2 fully saturated rings. The standard InChI is InChI=1S/C17H35N3/c1-4-19(14-16-7-5-10-18-13-16)17-8-6-11-20(12-9-17)15(2)3/h15-18H,4-14H2,1-3H3. The molecular weight excluding hydrogens is 246 g/mol. The summed E-state index contributed by atoms with van der Waals surface area (Å²) in [4.78, 5) is 5.44. The highest BCUT2D eigenvalue weighted by atomic mass is 15.2. The van der Waals surface area contributed by atoms with Gasteiger partial charge in [0.05, 0.1) is 0 Å². The minimum atomic E-state index is 0.714. The zero-order chi connectivity index (χ0) is 14.4. The van der Waals surface area contributed by atoms with Crippen LogP contribution in [0.15, 0.2) is 0 Å². The number of nitrogens with zero attached hydrogens (tertiary/aromatic N) is 2. The van der Waals surface area contributed by atoms with Gasteiger partial charge in [0, 0.05) is 18.6 Å². The molecule has 0 radical (unpaired) electrons. The number of rotatable bonds is 5. The lowest BCUT2D eigenvalue weighted by Crippen LogP contribution is -2.43. The fourth-order valence-electron chi connectivity index (χ4n) is 3.93. The molecule has 2 aliphatic rings. The molecule has 1 N–H and O–H groups in total. The van der Waals surface area contributed by atoms with E-state index in [2.05, 4.69) is 35.9 Å². The fourth-order valence-corrected chi connectivity index (χ4v) is 3.93. The van der Waals surface area contributed by atoms with Crippen molar-refractivity contribution < 1.29 is 0 Å². The van der Waals surface area contributed by atoms with Gasteiger partial charge in [-0.05, 0) is 84.6 Å². The molecule has 0 aromatic rings. The Kier molecular flexibility index (Phi) is 6.79. The Balaban J connectivity index is 1.83. The number of likely N-dealkylation sites (tertiary alicyclic amines) is 1. The normalized spacial score (nSPS) is 29.9. The third kappa shape index (κ3) is 4.71. The molecule has 0 spiro atoms. The minimum Gasteiger partial charge on any atom is -0.316 e. The molecule has 0 aliphatic carbocycles. The van der Waals surface area contributed by atoms with Crippen LogP contribution < -0.4 is 5.32 Å². The molecule has 118 valence electrons. The number of nitrogens with one attached hydrogen (secondary N) is 1. The van der Waals surface area contributed by atoms with Gasteiger partial charge in [-0.15, -0.1) is 0 Å². The summed E-state index contributed by atoms with van der Waals surface area (Å²) in [6, 6.07) is 1.54. The first kappa shape index (κ1) is 16.3. The van der Waals surface area contributed by atoms with Crippen molar-refractivity contribution >= 4 is 0 Å². The van der Waals surface area contributed by atoms with Crippen LogP contribution in [0.25, 0.3) is 0 Å². The Labute approximate surface area is 126 Å². The van der Waals surface area contributed by atoms with Crippen LogP contribution in [0, 0.1) is 5.92 Å². The largest absolute Gasteiger partial charge is 0.316 e. The van der Waals surface area contributed by atoms with E-state index in [1.54, 1.807) is 0 Å². The van der Waals surface area contributed by atoms with E-state index >= 15 is 0 Å². The quantitative estimate of drug-likeness (QED) is 0.835. The van der Waals surface area contributed by atoms with Gasteiger partial charge in [0.25, 0.3) is 0 Å². The molecule has 0 saturated carbocycles. The maximum atomic E-state index is 3.57. The first-order valence-corrected chi connectivity index (χ1v) is 8.89. The first-order valence-electron chi connectivity index (χ1n) is 8.89. The second-order valence-corrected chi connectivity index (χ2v) is 7.01. The lowest BCUT2D eigenvalue weighted by Gasteiger charge is -2.35. The van der Waals surface area contributed by atoms with Crippen molar-refractivity contribution in [1.29, 1.82) is 0 Å². The monoisotopic (exact) mass is 281 g/mol. The third-order valence-corrected chi connectivity index (χ3v) is 5.28. The van der Waals surface area contributed by atoms with Gasteiger partial charge in [-0.3, -0.25) is 0 Å². The highest BCUT2D eigenvalue weighted by molar-refractivity contribution is 4.81. The Bertz CT molecular complexity index is 261. The molecule has 0 aromatic carbocycles. The van der Waals surface area contributed by atoms with Crippen LogP contribution in [0.1, 0.15) is 52.9 Å². The Hall–Kier alpha value is -0.120. The topological polar surface area (TPSA) is 18.5 Å². The van der Waals surface area contributed by atoms with Crippen LogP contribution in [0.5, 0.6) is 0 Å². The SMILES string of the molecule is CCN(CC1CCCNC1)C1CCCN(C(C)C)CC1. The summed E-state index contributed by atoms with van der Waals surface area (Å²) < 4.78 is 0. The van der Waals surface area contributed by atoms with Gasteiger partial charge in [-0.1, -0.05) is 6.92 Å². The van der Waals surface area contributed by atoms with Crippen molar-refractivity contribution in [3.8, 4) is 0 Å². The molecule has 20 heavy (non-hydrogen) atoms. The van der Waals surface area contributed by atoms with Gasteiger partial charge in [0.15, 0.2) is 0 Å². The van der Waals surface area contributed by atoms with Crippen molar-refractivity contribution in [3.05, 3.63) is 0 Å². The summed E-state index contributed by atoms with van der Waals surface area (Å²) >= 11 is 0. The van der Waals surface area contributed by atoms with Gasteiger partial charge >= 0.3 is 0 Å². The molecule has 0 bridgehead atoms. The second kappa shape index (κ2) is 8.35. The van der Waals surface area contributed by atoms with Gasteiger partial charge in [-0.25, -0.2) is 0 Å². The zero-order valence-corrected chi connectivity index (χ0v) is 13.9. The average molecular weight is 281 g/mol. The Morgan fingerprint density at radius 1 is 1.15 bits per heavy atom. The molecule has 2 unspecified atom stereocenters. The first-order chi connectivity index (χ1) is 9.70. The van der Waals surface area contributed by atoms with Crippen molar-refractivity contribution in [2.75, 3.05) is 39.3 Å². The summed E-state index contributed by atoms with van der Waals surface area (Å²) in [6.45, 7) is 14.6. The van der Waals surface area contributed by atoms with Crippen molar-refractivity contribution in [2.45, 2.75) is 65.0 Å². The molecular formula is C17H35N3. The maximum absolute atomic E-state index is 3.57. The fraction of sp³-hybridized carbons (Fsp3) is 1.00. The molecule has 0 aromatic heterocycles. The summed E-state index contributed by atoms with van der Waals surface area (Å²) in [5.74, 6) is 0.883. The van der Waals surface area contributed by atoms with E-state index in [4.69, 9.17) is 0 Å². The number of hydrogen-bond donors (Lipinski definition) is 1. The maximum Gasteiger partial charge on any atom is 0.0108 e. The highest BCUT2D eigenvalue weighted by Gasteiger charge is 2.25. The third-order valence-electron chi connectivity index (χ3n) is 5.28. The van der Waals surface area contributed by atoms with Crippen molar-refractivity contribution in [1.82, 2.24) is 15.1 Å². The molecule has 2 aliphatic heterocycles. The van der Waals surface area contributed by atoms with E-state index in [1.165, 1.54) is 71.4 Å². The Morgan fingerprint density at radius 2 is 2.00 bits per heavy atom. The molecule has 2 saturated heterocycles. The molecule has 0 amide bonds. The smallest absolute Gasteiger partial charge is 0.0108 e. The Morgan fingerprint density at radius 3 is 2.65 bits per heavy atom. The van der Waals surface area contributed by atoms with Crippen LogP contribution >= 0.6 is 0 Å². The molecule has 2 heterocycles. The average Bonchev–Trinajstić information content (AvgIpc) is 2.72. The summed E-state index contributed by atoms with van der Waals surface area (Å²) in [6.07, 6.45) is 6.94. The van der Waals surface area contributed by atoms with E-state index in [1.807, 2.05) is 0 Å². The van der Waals surface area contributed by atoms with Gasteiger partial charge in [0.2, 0.25) is 0 Å². The van der Waals surface area contributed by atoms with E-state index in [0.29, 0.717) is 6.04 Å². The predicted molar refractivity (Wildman–Crippen MR) is 87.2 cm³/mol. The van der Waals surface area contributed by atoms with Crippen LogP contribution in [0.2, 0.25) is 0 Å². The minimum absolute atomic E-state index is 0.714. The summed E-state index contributed by atoms with van der Waals surface area (Å²) in [7, 11) is 0. The number of piperidine rings is 1. The van der Waals surface area contributed by atoms with Gasteiger partial charge in [-0.2, -0.15) is 0 Å². The van der Waals surface area contributed by atoms with Crippen molar-refractivity contribution in [2.24, 2.45) is 5.92 Å². The predicted octanol–water partition coefficient (Wildman–Crippen LogP) is 2.57. The molecule has 3 nitrogen and oxygen atoms in total. The summed E-state index contributed by atoms with van der Waals surface area (Å²) in [5.41, 5.74) is 0. The lowest BCUT2D eigenvalue weighted by atomic mass is 9.97. The van der Waals surface area contributed by atoms with Gasteiger partial charge in [0.1, 0.15) is 0 Å². The molecule has 3 heteroatoms. The number of hydrogen-bond acceptors (Lipinski definition) is 3. The summed E-state index contributed by atoms with van der Waals surface area (Å²) in [5, 5.41) is 3.57. The van der Waals surface area contributed by atoms with E-state index in [-0.39, 0.29) is 0 Å². The van der Waals surface area contributed by atoms with Crippen molar-refractivity contribution in [3.63, 3.8) is 0 Å². The van der Waals surface area contributed by atoms with E-state index < -0.39 is 0 Å². The molecule has 2 rings (SSSR count). The van der Waals surface area contributed by atoms with Gasteiger partial charge < -0.3 is 15.1 Å². The zero-order valence-electron chi connectivity index (χ0n) is 13.9. The van der Waals surface area contributed by atoms with Crippen LogP contribution in [-0.2, 0) is 0 Å². The van der Waals surface area contributed by atoms with Crippen LogP contribution in [0.4, 0.5) is 0 Å². The second-order valence-electron chi connectivity index (χ2n) is 7.01. The highest BCUT2D eigenvalue weighted by Crippen LogP contribution is 2.21.